The molecule has 1 rings (SSSR count). The molecule has 0 amide bonds. The summed E-state index contributed by atoms with van der Waals surface area (Å²) in [7, 11) is -3.22. The molecule has 6 heteroatoms. The highest BCUT2D eigenvalue weighted by Gasteiger charge is 2.15. The van der Waals surface area contributed by atoms with E-state index in [-0.39, 0.29) is 5.75 Å². The van der Waals surface area contributed by atoms with E-state index < -0.39 is 15.9 Å². The Hall–Kier alpha value is -1.14. The highest BCUT2D eigenvalue weighted by Crippen LogP contribution is 2.19. The van der Waals surface area contributed by atoms with Crippen LogP contribution in [0.4, 0.5) is 0 Å². The monoisotopic (exact) mass is 259 g/mol. The van der Waals surface area contributed by atoms with Crippen molar-refractivity contribution in [2.24, 2.45) is 0 Å². The van der Waals surface area contributed by atoms with Crippen LogP contribution in [0.3, 0.4) is 0 Å². The second kappa shape index (κ2) is 5.97. The Kier molecular flexibility index (Phi) is 4.89. The predicted molar refractivity (Wildman–Crippen MR) is 64.7 cm³/mol. The Morgan fingerprint density at radius 1 is 1.47 bits per heavy atom. The van der Waals surface area contributed by atoms with Crippen LogP contribution in [0.5, 0.6) is 5.75 Å². The summed E-state index contributed by atoms with van der Waals surface area (Å²) in [4.78, 5) is 3.91. The lowest BCUT2D eigenvalue weighted by atomic mass is 10.2. The highest BCUT2D eigenvalue weighted by molar-refractivity contribution is 7.90. The fraction of sp³-hybridized carbons (Fsp3) is 0.545. The molecule has 1 heterocycles. The van der Waals surface area contributed by atoms with Crippen LogP contribution < -0.4 is 4.74 Å². The van der Waals surface area contributed by atoms with Crippen molar-refractivity contribution in [3.63, 3.8) is 0 Å². The number of aliphatic hydroxyl groups is 1. The minimum Gasteiger partial charge on any atom is -0.492 e. The van der Waals surface area contributed by atoms with Crippen LogP contribution in [0.2, 0.25) is 0 Å². The first-order valence-electron chi connectivity index (χ1n) is 5.36. The van der Waals surface area contributed by atoms with Gasteiger partial charge in [-0.25, -0.2) is 8.42 Å². The summed E-state index contributed by atoms with van der Waals surface area (Å²) in [5.41, 5.74) is 0.448. The molecule has 1 atom stereocenters. The van der Waals surface area contributed by atoms with Crippen molar-refractivity contribution in [3.05, 3.63) is 24.0 Å². The van der Waals surface area contributed by atoms with Crippen LogP contribution >= 0.6 is 0 Å². The molecule has 1 aromatic rings. The molecule has 17 heavy (non-hydrogen) atoms. The van der Waals surface area contributed by atoms with E-state index in [9.17, 15) is 13.5 Å². The normalized spacial score (nSPS) is 13.4. The van der Waals surface area contributed by atoms with Crippen LogP contribution in [0.15, 0.2) is 18.5 Å². The Morgan fingerprint density at radius 2 is 2.18 bits per heavy atom. The first-order valence-corrected chi connectivity index (χ1v) is 7.42. The third-order valence-corrected chi connectivity index (χ3v) is 2.97. The predicted octanol–water partition coefficient (Wildman–Crippen LogP) is 0.948. The Bertz CT molecular complexity index is 458. The summed E-state index contributed by atoms with van der Waals surface area (Å²) in [6.07, 6.45) is 3.86. The second-order valence-corrected chi connectivity index (χ2v) is 6.10. The molecule has 1 N–H and O–H groups in total. The molecule has 0 bridgehead atoms. The minimum absolute atomic E-state index is 0.314. The molecule has 0 spiro atoms. The van der Waals surface area contributed by atoms with Crippen LogP contribution in [-0.4, -0.2) is 37.1 Å². The Morgan fingerprint density at radius 3 is 2.76 bits per heavy atom. The van der Waals surface area contributed by atoms with Crippen molar-refractivity contribution in [1.82, 2.24) is 4.98 Å². The fourth-order valence-corrected chi connectivity index (χ4v) is 2.07. The second-order valence-electron chi connectivity index (χ2n) is 3.91. The van der Waals surface area contributed by atoms with Crippen molar-refractivity contribution in [3.8, 4) is 5.75 Å². The molecule has 0 aliphatic rings. The quantitative estimate of drug-likeness (QED) is 0.823. The Balaban J connectivity index is 2.76. The first kappa shape index (κ1) is 13.9. The maximum absolute atomic E-state index is 11.1. The average molecular weight is 259 g/mol. The average Bonchev–Trinajstić information content (AvgIpc) is 2.24. The van der Waals surface area contributed by atoms with Gasteiger partial charge in [-0.1, -0.05) is 6.92 Å². The first-order chi connectivity index (χ1) is 7.92. The zero-order valence-corrected chi connectivity index (χ0v) is 10.8. The fourth-order valence-electron chi connectivity index (χ4n) is 1.30. The van der Waals surface area contributed by atoms with E-state index in [1.54, 1.807) is 6.07 Å². The number of sulfone groups is 1. The van der Waals surface area contributed by atoms with Crippen molar-refractivity contribution < 1.29 is 18.3 Å². The molecule has 0 aliphatic carbocycles. The Labute approximate surface area is 101 Å². The lowest BCUT2D eigenvalue weighted by Crippen LogP contribution is -2.13. The molecule has 5 nitrogen and oxygen atoms in total. The zero-order valence-electron chi connectivity index (χ0n) is 9.96. The molecule has 0 saturated heterocycles. The number of nitrogens with zero attached hydrogens (tertiary/aromatic N) is 1. The largest absolute Gasteiger partial charge is 0.492 e. The van der Waals surface area contributed by atoms with Crippen molar-refractivity contribution in [2.45, 2.75) is 19.4 Å². The molecular formula is C11H17NO4S. The standard InChI is InChI=1S/C11H17NO4S/c1-3-4-16-10-5-9(6-12-7-10)11(13)8-17(2,14)15/h5-7,11,13H,3-4,8H2,1-2H3. The van der Waals surface area contributed by atoms with Gasteiger partial charge < -0.3 is 9.84 Å². The maximum atomic E-state index is 11.1. The van der Waals surface area contributed by atoms with Gasteiger partial charge in [-0.05, 0) is 12.5 Å². The zero-order chi connectivity index (χ0) is 12.9. The number of hydrogen-bond acceptors (Lipinski definition) is 5. The van der Waals surface area contributed by atoms with Gasteiger partial charge in [-0.15, -0.1) is 0 Å². The number of pyridine rings is 1. The van der Waals surface area contributed by atoms with Crippen molar-refractivity contribution >= 4 is 9.84 Å². The van der Waals surface area contributed by atoms with Crippen molar-refractivity contribution in [1.29, 1.82) is 0 Å². The number of ether oxygens (including phenoxy) is 1. The topological polar surface area (TPSA) is 76.5 Å². The third kappa shape index (κ3) is 5.14. The van der Waals surface area contributed by atoms with E-state index in [2.05, 4.69) is 4.98 Å². The van der Waals surface area contributed by atoms with E-state index >= 15 is 0 Å². The van der Waals surface area contributed by atoms with Gasteiger partial charge in [0, 0.05) is 18.0 Å². The van der Waals surface area contributed by atoms with Gasteiger partial charge in [0.25, 0.3) is 0 Å². The SMILES string of the molecule is CCCOc1cncc(C(O)CS(C)(=O)=O)c1. The number of hydrogen-bond donors (Lipinski definition) is 1. The molecule has 0 aliphatic heterocycles. The van der Waals surface area contributed by atoms with Gasteiger partial charge in [0.15, 0.2) is 0 Å². The molecule has 1 unspecified atom stereocenters. The van der Waals surface area contributed by atoms with Gasteiger partial charge in [0.2, 0.25) is 0 Å². The summed E-state index contributed by atoms with van der Waals surface area (Å²) in [5, 5.41) is 9.73. The van der Waals surface area contributed by atoms with Crippen LogP contribution in [0.1, 0.15) is 25.0 Å². The van der Waals surface area contributed by atoms with Gasteiger partial charge >= 0.3 is 0 Å². The molecular weight excluding hydrogens is 242 g/mol. The molecule has 96 valence electrons. The minimum atomic E-state index is -3.22. The summed E-state index contributed by atoms with van der Waals surface area (Å²) in [6, 6.07) is 1.61. The van der Waals surface area contributed by atoms with Gasteiger partial charge in [-0.3, -0.25) is 4.98 Å². The van der Waals surface area contributed by atoms with E-state index in [1.807, 2.05) is 6.92 Å². The summed E-state index contributed by atoms with van der Waals surface area (Å²) >= 11 is 0. The van der Waals surface area contributed by atoms with E-state index in [4.69, 9.17) is 4.74 Å². The molecule has 0 radical (unpaired) electrons. The smallest absolute Gasteiger partial charge is 0.150 e. The van der Waals surface area contributed by atoms with Gasteiger partial charge in [0.1, 0.15) is 15.6 Å². The number of aliphatic hydroxyl groups excluding tert-OH is 1. The summed E-state index contributed by atoms with van der Waals surface area (Å²) in [5.74, 6) is 0.225. The molecule has 0 aromatic carbocycles. The molecule has 0 saturated carbocycles. The lowest BCUT2D eigenvalue weighted by Gasteiger charge is -2.11. The maximum Gasteiger partial charge on any atom is 0.150 e. The highest BCUT2D eigenvalue weighted by atomic mass is 32.2. The van der Waals surface area contributed by atoms with Crippen LogP contribution in [0.25, 0.3) is 0 Å². The summed E-state index contributed by atoms with van der Waals surface area (Å²) < 4.78 is 27.5. The molecule has 1 aromatic heterocycles. The van der Waals surface area contributed by atoms with Crippen LogP contribution in [0, 0.1) is 0 Å². The van der Waals surface area contributed by atoms with Gasteiger partial charge in [-0.2, -0.15) is 0 Å². The van der Waals surface area contributed by atoms with E-state index in [1.165, 1.54) is 12.4 Å². The third-order valence-electron chi connectivity index (χ3n) is 2.05. The number of aromatic nitrogens is 1. The number of rotatable bonds is 6. The lowest BCUT2D eigenvalue weighted by molar-refractivity contribution is 0.200. The van der Waals surface area contributed by atoms with E-state index in [0.29, 0.717) is 17.9 Å². The van der Waals surface area contributed by atoms with E-state index in [0.717, 1.165) is 12.7 Å². The van der Waals surface area contributed by atoms with Crippen LogP contribution in [-0.2, 0) is 9.84 Å². The van der Waals surface area contributed by atoms with Gasteiger partial charge in [0.05, 0.1) is 24.7 Å². The molecule has 0 fully saturated rings. The van der Waals surface area contributed by atoms with Crippen molar-refractivity contribution in [2.75, 3.05) is 18.6 Å². The summed E-state index contributed by atoms with van der Waals surface area (Å²) in [6.45, 7) is 2.54.